The summed E-state index contributed by atoms with van der Waals surface area (Å²) in [5, 5.41) is -0.884. The molecule has 0 amide bonds. The third-order valence-corrected chi connectivity index (χ3v) is 7.47. The zero-order valence-corrected chi connectivity index (χ0v) is 13.6. The molecule has 126 valence electrons. The fraction of sp³-hybridized carbons (Fsp3) is 0.562. The first-order chi connectivity index (χ1) is 10.9. The van der Waals surface area contributed by atoms with Crippen molar-refractivity contribution in [1.29, 1.82) is 0 Å². The van der Waals surface area contributed by atoms with E-state index in [1.54, 1.807) is 0 Å². The number of halogens is 1. The first kappa shape index (κ1) is 16.4. The van der Waals surface area contributed by atoms with Gasteiger partial charge in [0.1, 0.15) is 11.6 Å². The van der Waals surface area contributed by atoms with Gasteiger partial charge in [-0.3, -0.25) is 4.79 Å². The molecule has 0 spiro atoms. The van der Waals surface area contributed by atoms with Gasteiger partial charge in [-0.1, -0.05) is 0 Å². The number of carbonyl (C=O) groups is 1. The number of Topliss-reactive ketones (excluding diaryl/α,β-unsaturated/α-hetero) is 1. The number of benzene rings is 1. The van der Waals surface area contributed by atoms with Gasteiger partial charge in [-0.15, -0.1) is 0 Å². The van der Waals surface area contributed by atoms with Crippen molar-refractivity contribution < 1.29 is 27.1 Å². The fourth-order valence-electron chi connectivity index (χ4n) is 3.55. The van der Waals surface area contributed by atoms with E-state index in [0.29, 0.717) is 25.7 Å². The lowest BCUT2D eigenvalue weighted by molar-refractivity contribution is 0.0509. The minimum Gasteiger partial charge on any atom is -0.467 e. The molecule has 1 aromatic rings. The second kappa shape index (κ2) is 6.20. The van der Waals surface area contributed by atoms with Gasteiger partial charge in [0.15, 0.2) is 22.4 Å². The number of fused-ring (bicyclic) bond motifs is 2. The normalized spacial score (nSPS) is 28.5. The third-order valence-electron chi connectivity index (χ3n) is 4.75. The van der Waals surface area contributed by atoms with E-state index in [1.807, 2.05) is 0 Å². The van der Waals surface area contributed by atoms with Crippen LogP contribution in [0.1, 0.15) is 36.0 Å². The Hall–Kier alpha value is -1.47. The highest BCUT2D eigenvalue weighted by molar-refractivity contribution is 7.93. The number of carbonyl (C=O) groups excluding carboxylic acids is 1. The van der Waals surface area contributed by atoms with E-state index in [-0.39, 0.29) is 23.9 Å². The predicted octanol–water partition coefficient (Wildman–Crippen LogP) is 2.35. The van der Waals surface area contributed by atoms with E-state index in [9.17, 15) is 17.6 Å². The molecular formula is C16H19FO5S. The van der Waals surface area contributed by atoms with Crippen molar-refractivity contribution in [3.05, 3.63) is 29.6 Å². The molecule has 7 heteroatoms. The van der Waals surface area contributed by atoms with Crippen molar-refractivity contribution in [3.8, 4) is 5.75 Å². The van der Waals surface area contributed by atoms with Crippen LogP contribution in [-0.4, -0.2) is 38.6 Å². The van der Waals surface area contributed by atoms with E-state index < -0.39 is 32.1 Å². The lowest BCUT2D eigenvalue weighted by atomic mass is 9.90. The zero-order valence-electron chi connectivity index (χ0n) is 12.8. The number of hydrogen-bond donors (Lipinski definition) is 0. The molecule has 2 aliphatic rings. The van der Waals surface area contributed by atoms with Crippen LogP contribution in [0.5, 0.6) is 5.75 Å². The van der Waals surface area contributed by atoms with Crippen LogP contribution in [0.2, 0.25) is 0 Å². The smallest absolute Gasteiger partial charge is 0.188 e. The van der Waals surface area contributed by atoms with Crippen molar-refractivity contribution in [3.63, 3.8) is 0 Å². The summed E-state index contributed by atoms with van der Waals surface area (Å²) in [5.41, 5.74) is -0.00142. The van der Waals surface area contributed by atoms with Crippen molar-refractivity contribution in [1.82, 2.24) is 0 Å². The fourth-order valence-corrected chi connectivity index (χ4v) is 6.03. The van der Waals surface area contributed by atoms with Crippen LogP contribution < -0.4 is 4.74 Å². The Balaban J connectivity index is 1.76. The summed E-state index contributed by atoms with van der Waals surface area (Å²) in [7, 11) is -1.63. The molecular weight excluding hydrogens is 323 g/mol. The molecule has 0 N–H and O–H groups in total. The highest BCUT2D eigenvalue weighted by Gasteiger charge is 2.48. The van der Waals surface area contributed by atoms with E-state index in [1.165, 1.54) is 19.2 Å². The summed E-state index contributed by atoms with van der Waals surface area (Å²) in [6.07, 6.45) is 1.84. The highest BCUT2D eigenvalue weighted by atomic mass is 32.2. The molecule has 3 rings (SSSR count). The van der Waals surface area contributed by atoms with E-state index >= 15 is 0 Å². The molecule has 2 unspecified atom stereocenters. The van der Waals surface area contributed by atoms with Gasteiger partial charge in [0.25, 0.3) is 0 Å². The summed E-state index contributed by atoms with van der Waals surface area (Å²) in [5.74, 6) is -1.10. The number of ketones is 1. The minimum absolute atomic E-state index is 0.00142. The highest BCUT2D eigenvalue weighted by Crippen LogP contribution is 2.42. The van der Waals surface area contributed by atoms with Gasteiger partial charge in [0, 0.05) is 19.1 Å². The molecule has 1 aromatic carbocycles. The standard InChI is InChI=1S/C16H19FO5S/c1-21-9-22-11-2-5-14(15(17)8-11)16(18)10-6-12-3-4-13(7-10)23(12,19)20/h2,5,8,10,12-13H,3-4,6-7,9H2,1H3. The summed E-state index contributed by atoms with van der Waals surface area (Å²) in [6, 6.07) is 4.07. The summed E-state index contributed by atoms with van der Waals surface area (Å²) in [4.78, 5) is 12.6. The lowest BCUT2D eigenvalue weighted by Crippen LogP contribution is -2.36. The Kier molecular flexibility index (Phi) is 4.42. The van der Waals surface area contributed by atoms with E-state index in [4.69, 9.17) is 9.47 Å². The van der Waals surface area contributed by atoms with Crippen LogP contribution in [-0.2, 0) is 14.6 Å². The Morgan fingerprint density at radius 1 is 1.26 bits per heavy atom. The molecule has 5 nitrogen and oxygen atoms in total. The van der Waals surface area contributed by atoms with Crippen LogP contribution in [0.15, 0.2) is 18.2 Å². The molecule has 2 fully saturated rings. The Morgan fingerprint density at radius 2 is 1.91 bits per heavy atom. The first-order valence-electron chi connectivity index (χ1n) is 7.61. The summed E-state index contributed by atoms with van der Waals surface area (Å²) in [6.45, 7) is -0.00340. The second-order valence-electron chi connectivity index (χ2n) is 6.14. The van der Waals surface area contributed by atoms with Gasteiger partial charge in [0.05, 0.1) is 16.1 Å². The molecule has 2 bridgehead atoms. The third kappa shape index (κ3) is 2.99. The Bertz CT molecular complexity index is 695. The summed E-state index contributed by atoms with van der Waals surface area (Å²) < 4.78 is 48.2. The second-order valence-corrected chi connectivity index (χ2v) is 8.65. The predicted molar refractivity (Wildman–Crippen MR) is 81.7 cm³/mol. The SMILES string of the molecule is COCOc1ccc(C(=O)C2CC3CCC(C2)S3(=O)=O)c(F)c1. The van der Waals surface area contributed by atoms with Gasteiger partial charge in [-0.2, -0.15) is 0 Å². The van der Waals surface area contributed by atoms with Gasteiger partial charge in [-0.25, -0.2) is 12.8 Å². The lowest BCUT2D eigenvalue weighted by Gasteiger charge is -2.27. The van der Waals surface area contributed by atoms with Crippen molar-refractivity contribution in [2.75, 3.05) is 13.9 Å². The number of ether oxygens (including phenoxy) is 2. The zero-order chi connectivity index (χ0) is 16.6. The quantitative estimate of drug-likeness (QED) is 0.607. The molecule has 0 aromatic heterocycles. The molecule has 0 aliphatic carbocycles. The van der Waals surface area contributed by atoms with Crippen molar-refractivity contribution in [2.24, 2.45) is 5.92 Å². The van der Waals surface area contributed by atoms with Crippen molar-refractivity contribution >= 4 is 15.6 Å². The maximum absolute atomic E-state index is 14.2. The van der Waals surface area contributed by atoms with Crippen LogP contribution in [0.4, 0.5) is 4.39 Å². The van der Waals surface area contributed by atoms with Gasteiger partial charge < -0.3 is 9.47 Å². The first-order valence-corrected chi connectivity index (χ1v) is 9.22. The van der Waals surface area contributed by atoms with Gasteiger partial charge >= 0.3 is 0 Å². The Morgan fingerprint density at radius 3 is 2.48 bits per heavy atom. The molecule has 2 saturated heterocycles. The topological polar surface area (TPSA) is 69.7 Å². The molecule has 2 heterocycles. The monoisotopic (exact) mass is 342 g/mol. The number of methoxy groups -OCH3 is 1. The number of rotatable bonds is 5. The largest absolute Gasteiger partial charge is 0.467 e. The van der Waals surface area contributed by atoms with Crippen LogP contribution in [0, 0.1) is 11.7 Å². The molecule has 2 aliphatic heterocycles. The van der Waals surface area contributed by atoms with Crippen LogP contribution in [0.25, 0.3) is 0 Å². The average molecular weight is 342 g/mol. The number of sulfone groups is 1. The van der Waals surface area contributed by atoms with Crippen LogP contribution >= 0.6 is 0 Å². The van der Waals surface area contributed by atoms with Crippen LogP contribution in [0.3, 0.4) is 0 Å². The molecule has 23 heavy (non-hydrogen) atoms. The average Bonchev–Trinajstić information content (AvgIpc) is 2.70. The summed E-state index contributed by atoms with van der Waals surface area (Å²) >= 11 is 0. The maximum atomic E-state index is 14.2. The van der Waals surface area contributed by atoms with E-state index in [2.05, 4.69) is 0 Å². The molecule has 0 saturated carbocycles. The molecule has 0 radical (unpaired) electrons. The van der Waals surface area contributed by atoms with E-state index in [0.717, 1.165) is 6.07 Å². The van der Waals surface area contributed by atoms with Crippen molar-refractivity contribution in [2.45, 2.75) is 36.2 Å². The minimum atomic E-state index is -3.08. The van der Waals surface area contributed by atoms with Gasteiger partial charge in [-0.05, 0) is 37.8 Å². The Labute approximate surface area is 134 Å². The molecule has 2 atom stereocenters. The maximum Gasteiger partial charge on any atom is 0.188 e. The van der Waals surface area contributed by atoms with Gasteiger partial charge in [0.2, 0.25) is 0 Å². The number of hydrogen-bond acceptors (Lipinski definition) is 5.